The molecule has 1 aliphatic rings. The molecule has 0 bridgehead atoms. The lowest BCUT2D eigenvalue weighted by molar-refractivity contribution is -0.134. The average Bonchev–Trinajstić information content (AvgIpc) is 2.60. The van der Waals surface area contributed by atoms with Gasteiger partial charge in [-0.2, -0.15) is 0 Å². The second-order valence-corrected chi connectivity index (χ2v) is 5.64. The minimum atomic E-state index is 0.0270. The normalized spacial score (nSPS) is 15.9. The lowest BCUT2D eigenvalue weighted by atomic mass is 10.1. The van der Waals surface area contributed by atoms with Crippen LogP contribution in [0.25, 0.3) is 6.08 Å². The molecule has 1 aromatic rings. The molecule has 1 fully saturated rings. The van der Waals surface area contributed by atoms with E-state index >= 15 is 0 Å². The van der Waals surface area contributed by atoms with Gasteiger partial charge in [-0.1, -0.05) is 18.2 Å². The van der Waals surface area contributed by atoms with E-state index in [-0.39, 0.29) is 12.5 Å². The Kier molecular flexibility index (Phi) is 6.47. The van der Waals surface area contributed by atoms with Crippen molar-refractivity contribution >= 4 is 12.0 Å². The van der Waals surface area contributed by atoms with Crippen molar-refractivity contribution in [2.24, 2.45) is 0 Å². The molecule has 0 aliphatic carbocycles. The molecule has 1 aliphatic heterocycles. The molecular formula is C18H26N2O3. The fourth-order valence-electron chi connectivity index (χ4n) is 2.75. The number of piperidine rings is 1. The highest BCUT2D eigenvalue weighted by Gasteiger charge is 2.22. The van der Waals surface area contributed by atoms with Gasteiger partial charge in [0.15, 0.2) is 18.1 Å². The number of nitrogens with zero attached hydrogens (tertiary/aromatic N) is 1. The number of ether oxygens (including phenoxy) is 2. The standard InChI is InChI=1S/C18H26N2O3/c1-4-5-14-6-7-16(17(12-14)22-3)23-13-18(21)20-10-8-15(19-2)9-11-20/h4-7,12,15,19H,8-11,13H2,1-3H3/b5-4+. The third-order valence-corrected chi connectivity index (χ3v) is 4.15. The van der Waals surface area contributed by atoms with Crippen molar-refractivity contribution in [3.05, 3.63) is 29.8 Å². The molecule has 1 heterocycles. The Hall–Kier alpha value is -2.01. The van der Waals surface area contributed by atoms with E-state index in [0.29, 0.717) is 17.5 Å². The van der Waals surface area contributed by atoms with Gasteiger partial charge in [-0.3, -0.25) is 4.79 Å². The highest BCUT2D eigenvalue weighted by molar-refractivity contribution is 5.78. The molecule has 2 rings (SSSR count). The van der Waals surface area contributed by atoms with E-state index in [0.717, 1.165) is 31.5 Å². The summed E-state index contributed by atoms with van der Waals surface area (Å²) in [5.41, 5.74) is 1.04. The van der Waals surface area contributed by atoms with E-state index in [4.69, 9.17) is 9.47 Å². The Balaban J connectivity index is 1.91. The molecule has 23 heavy (non-hydrogen) atoms. The van der Waals surface area contributed by atoms with E-state index in [1.165, 1.54) is 0 Å². The second kappa shape index (κ2) is 8.58. The Morgan fingerprint density at radius 3 is 2.70 bits per heavy atom. The highest BCUT2D eigenvalue weighted by Crippen LogP contribution is 2.28. The smallest absolute Gasteiger partial charge is 0.260 e. The number of nitrogens with one attached hydrogen (secondary N) is 1. The summed E-state index contributed by atoms with van der Waals surface area (Å²) in [6, 6.07) is 6.20. The zero-order valence-corrected chi connectivity index (χ0v) is 14.2. The number of hydrogen-bond donors (Lipinski definition) is 1. The first kappa shape index (κ1) is 17.3. The van der Waals surface area contributed by atoms with E-state index in [1.807, 2.05) is 49.2 Å². The Bertz CT molecular complexity index is 549. The van der Waals surface area contributed by atoms with Crippen LogP contribution in [-0.4, -0.2) is 50.7 Å². The minimum absolute atomic E-state index is 0.0270. The number of methoxy groups -OCH3 is 1. The number of allylic oxidation sites excluding steroid dienone is 1. The fourth-order valence-corrected chi connectivity index (χ4v) is 2.75. The lowest BCUT2D eigenvalue weighted by Crippen LogP contribution is -2.45. The number of rotatable bonds is 6. The summed E-state index contributed by atoms with van der Waals surface area (Å²) < 4.78 is 11.0. The molecule has 1 amide bonds. The van der Waals surface area contributed by atoms with Crippen LogP contribution in [0.5, 0.6) is 11.5 Å². The molecule has 1 saturated heterocycles. The molecule has 126 valence electrons. The molecule has 0 saturated carbocycles. The third kappa shape index (κ3) is 4.73. The molecule has 0 atom stereocenters. The number of hydrogen-bond acceptors (Lipinski definition) is 4. The highest BCUT2D eigenvalue weighted by atomic mass is 16.5. The van der Waals surface area contributed by atoms with Gasteiger partial charge in [0.1, 0.15) is 0 Å². The van der Waals surface area contributed by atoms with Crippen molar-refractivity contribution in [2.75, 3.05) is 33.9 Å². The summed E-state index contributed by atoms with van der Waals surface area (Å²) in [6.07, 6.45) is 5.93. The molecule has 0 radical (unpaired) electrons. The predicted octanol–water partition coefficient (Wildman–Crippen LogP) is 2.32. The molecule has 0 spiro atoms. The van der Waals surface area contributed by atoms with Crippen LogP contribution in [0.15, 0.2) is 24.3 Å². The van der Waals surface area contributed by atoms with Crippen LogP contribution in [0.3, 0.4) is 0 Å². The summed E-state index contributed by atoms with van der Waals surface area (Å²) in [6.45, 7) is 3.58. The predicted molar refractivity (Wildman–Crippen MR) is 91.9 cm³/mol. The van der Waals surface area contributed by atoms with Crippen molar-refractivity contribution < 1.29 is 14.3 Å². The van der Waals surface area contributed by atoms with E-state index in [1.54, 1.807) is 7.11 Å². The van der Waals surface area contributed by atoms with Gasteiger partial charge in [0.2, 0.25) is 0 Å². The monoisotopic (exact) mass is 318 g/mol. The number of benzene rings is 1. The van der Waals surface area contributed by atoms with Gasteiger partial charge in [-0.05, 0) is 44.5 Å². The Morgan fingerprint density at radius 2 is 2.09 bits per heavy atom. The number of likely N-dealkylation sites (tertiary alicyclic amines) is 1. The molecule has 5 heteroatoms. The zero-order valence-electron chi connectivity index (χ0n) is 14.2. The summed E-state index contributed by atoms with van der Waals surface area (Å²) in [5.74, 6) is 1.26. The molecule has 1 N–H and O–H groups in total. The molecule has 0 aromatic heterocycles. The second-order valence-electron chi connectivity index (χ2n) is 5.64. The summed E-state index contributed by atoms with van der Waals surface area (Å²) >= 11 is 0. The summed E-state index contributed by atoms with van der Waals surface area (Å²) in [4.78, 5) is 14.1. The first-order valence-electron chi connectivity index (χ1n) is 8.06. The van der Waals surface area contributed by atoms with Crippen molar-refractivity contribution in [3.8, 4) is 11.5 Å². The van der Waals surface area contributed by atoms with Crippen LogP contribution >= 0.6 is 0 Å². The van der Waals surface area contributed by atoms with Gasteiger partial charge < -0.3 is 19.7 Å². The van der Waals surface area contributed by atoms with Crippen molar-refractivity contribution in [1.29, 1.82) is 0 Å². The molecule has 1 aromatic carbocycles. The first-order chi connectivity index (χ1) is 11.2. The van der Waals surface area contributed by atoms with Crippen LogP contribution in [0.2, 0.25) is 0 Å². The third-order valence-electron chi connectivity index (χ3n) is 4.15. The van der Waals surface area contributed by atoms with Crippen LogP contribution in [0.4, 0.5) is 0 Å². The molecular weight excluding hydrogens is 292 g/mol. The quantitative estimate of drug-likeness (QED) is 0.874. The fraction of sp³-hybridized carbons (Fsp3) is 0.500. The van der Waals surface area contributed by atoms with Crippen LogP contribution in [0, 0.1) is 0 Å². The van der Waals surface area contributed by atoms with Crippen molar-refractivity contribution in [1.82, 2.24) is 10.2 Å². The van der Waals surface area contributed by atoms with Crippen molar-refractivity contribution in [3.63, 3.8) is 0 Å². The number of carbonyl (C=O) groups excluding carboxylic acids is 1. The maximum Gasteiger partial charge on any atom is 0.260 e. The van der Waals surface area contributed by atoms with E-state index in [2.05, 4.69) is 5.32 Å². The van der Waals surface area contributed by atoms with E-state index < -0.39 is 0 Å². The van der Waals surface area contributed by atoms with Gasteiger partial charge in [-0.25, -0.2) is 0 Å². The van der Waals surface area contributed by atoms with Gasteiger partial charge in [0.25, 0.3) is 5.91 Å². The topological polar surface area (TPSA) is 50.8 Å². The first-order valence-corrected chi connectivity index (χ1v) is 8.06. The molecule has 5 nitrogen and oxygen atoms in total. The maximum absolute atomic E-state index is 12.3. The van der Waals surface area contributed by atoms with Gasteiger partial charge >= 0.3 is 0 Å². The zero-order chi connectivity index (χ0) is 16.7. The van der Waals surface area contributed by atoms with E-state index in [9.17, 15) is 4.79 Å². The minimum Gasteiger partial charge on any atom is -0.493 e. The number of carbonyl (C=O) groups is 1. The van der Waals surface area contributed by atoms with Crippen LogP contribution in [0.1, 0.15) is 25.3 Å². The van der Waals surface area contributed by atoms with Crippen LogP contribution in [-0.2, 0) is 4.79 Å². The average molecular weight is 318 g/mol. The summed E-state index contributed by atoms with van der Waals surface area (Å²) in [5, 5.41) is 3.26. The van der Waals surface area contributed by atoms with Gasteiger partial charge in [0.05, 0.1) is 7.11 Å². The lowest BCUT2D eigenvalue weighted by Gasteiger charge is -2.31. The number of amides is 1. The maximum atomic E-state index is 12.3. The SMILES string of the molecule is C/C=C/c1ccc(OCC(=O)N2CCC(NC)CC2)c(OC)c1. The molecule has 0 unspecified atom stereocenters. The summed E-state index contributed by atoms with van der Waals surface area (Å²) in [7, 11) is 3.57. The van der Waals surface area contributed by atoms with Gasteiger partial charge in [0, 0.05) is 19.1 Å². The van der Waals surface area contributed by atoms with Gasteiger partial charge in [-0.15, -0.1) is 0 Å². The Labute approximate surface area is 138 Å². The van der Waals surface area contributed by atoms with Crippen molar-refractivity contribution in [2.45, 2.75) is 25.8 Å². The Morgan fingerprint density at radius 1 is 1.35 bits per heavy atom. The van der Waals surface area contributed by atoms with Crippen LogP contribution < -0.4 is 14.8 Å². The largest absolute Gasteiger partial charge is 0.493 e.